The van der Waals surface area contributed by atoms with Crippen LogP contribution in [0.2, 0.25) is 0 Å². The van der Waals surface area contributed by atoms with Crippen LogP contribution in [0.1, 0.15) is 24.1 Å². The molecular weight excluding hydrogens is 319 g/mol. The molecule has 2 heterocycles. The van der Waals surface area contributed by atoms with Crippen LogP contribution in [-0.2, 0) is 13.0 Å². The Morgan fingerprint density at radius 3 is 2.71 bits per heavy atom. The number of H-pyrrole nitrogens is 1. The van der Waals surface area contributed by atoms with Gasteiger partial charge < -0.3 is 9.72 Å². The van der Waals surface area contributed by atoms with Crippen LogP contribution >= 0.6 is 0 Å². The number of ether oxygens (including phenoxy) is 1. The van der Waals surface area contributed by atoms with Gasteiger partial charge in [0.2, 0.25) is 0 Å². The van der Waals surface area contributed by atoms with E-state index in [1.165, 1.54) is 12.1 Å². The molecule has 1 N–H and O–H groups in total. The first-order valence-electron chi connectivity index (χ1n) is 8.02. The molecule has 4 nitrogen and oxygen atoms in total. The van der Waals surface area contributed by atoms with Crippen molar-refractivity contribution < 1.29 is 17.9 Å². The van der Waals surface area contributed by atoms with Crippen molar-refractivity contribution in [3.63, 3.8) is 0 Å². The summed E-state index contributed by atoms with van der Waals surface area (Å²) in [6.45, 7) is 2.80. The third-order valence-corrected chi connectivity index (χ3v) is 4.31. The van der Waals surface area contributed by atoms with Gasteiger partial charge in [-0.2, -0.15) is 0 Å². The molecule has 2 aromatic rings. The number of imidazole rings is 1. The van der Waals surface area contributed by atoms with Crippen molar-refractivity contribution >= 4 is 0 Å². The van der Waals surface area contributed by atoms with E-state index in [1.54, 1.807) is 18.5 Å². The molecule has 1 aromatic carbocycles. The maximum Gasteiger partial charge on any atom is 0.573 e. The smallest absolute Gasteiger partial charge is 0.406 e. The zero-order valence-corrected chi connectivity index (χ0v) is 13.2. The van der Waals surface area contributed by atoms with Gasteiger partial charge >= 0.3 is 6.36 Å². The normalized spacial score (nSPS) is 18.9. The zero-order chi connectivity index (χ0) is 17.0. The number of nitrogens with zero attached hydrogens (tertiary/aromatic N) is 2. The van der Waals surface area contributed by atoms with E-state index in [0.29, 0.717) is 5.92 Å². The van der Waals surface area contributed by atoms with Crippen molar-refractivity contribution in [2.45, 2.75) is 32.2 Å². The second-order valence-corrected chi connectivity index (χ2v) is 6.20. The van der Waals surface area contributed by atoms with Crippen LogP contribution in [0, 0.1) is 5.92 Å². The topological polar surface area (TPSA) is 41.1 Å². The van der Waals surface area contributed by atoms with Gasteiger partial charge in [0.25, 0.3) is 0 Å². The summed E-state index contributed by atoms with van der Waals surface area (Å²) in [7, 11) is 0. The minimum atomic E-state index is -4.64. The molecule has 130 valence electrons. The monoisotopic (exact) mass is 339 g/mol. The molecule has 1 aliphatic heterocycles. The number of alkyl halides is 3. The van der Waals surface area contributed by atoms with Crippen LogP contribution in [-0.4, -0.2) is 34.3 Å². The molecule has 0 saturated carbocycles. The minimum absolute atomic E-state index is 0.176. The first kappa shape index (κ1) is 16.8. The summed E-state index contributed by atoms with van der Waals surface area (Å²) in [4.78, 5) is 9.48. The SMILES string of the molecule is FC(F)(F)Oc1ccc(CN2CCC(CCc3cnc[nH]3)C2)cc1. The van der Waals surface area contributed by atoms with Gasteiger partial charge in [-0.25, -0.2) is 4.98 Å². The van der Waals surface area contributed by atoms with Gasteiger partial charge in [-0.1, -0.05) is 12.1 Å². The summed E-state index contributed by atoms with van der Waals surface area (Å²) in [6.07, 6.45) is 2.19. The second kappa shape index (κ2) is 7.25. The number of hydrogen-bond donors (Lipinski definition) is 1. The number of halogens is 3. The molecule has 1 saturated heterocycles. The maximum atomic E-state index is 12.2. The van der Waals surface area contributed by atoms with E-state index in [-0.39, 0.29) is 5.75 Å². The van der Waals surface area contributed by atoms with Gasteiger partial charge in [-0.3, -0.25) is 4.90 Å². The quantitative estimate of drug-likeness (QED) is 0.871. The Kier molecular flexibility index (Phi) is 5.08. The molecule has 1 fully saturated rings. The number of aromatic nitrogens is 2. The van der Waals surface area contributed by atoms with Gasteiger partial charge in [0.1, 0.15) is 5.75 Å². The van der Waals surface area contributed by atoms with E-state index in [0.717, 1.165) is 50.2 Å². The highest BCUT2D eigenvalue weighted by Crippen LogP contribution is 2.25. The summed E-state index contributed by atoms with van der Waals surface area (Å²) < 4.78 is 40.3. The van der Waals surface area contributed by atoms with Crippen LogP contribution in [0.15, 0.2) is 36.8 Å². The predicted octanol–water partition coefficient (Wildman–Crippen LogP) is 3.76. The lowest BCUT2D eigenvalue weighted by molar-refractivity contribution is -0.274. The molecule has 1 atom stereocenters. The molecule has 0 spiro atoms. The Bertz CT molecular complexity index is 626. The van der Waals surface area contributed by atoms with Crippen molar-refractivity contribution in [1.82, 2.24) is 14.9 Å². The van der Waals surface area contributed by atoms with E-state index in [4.69, 9.17) is 0 Å². The molecule has 0 bridgehead atoms. The maximum absolute atomic E-state index is 12.2. The summed E-state index contributed by atoms with van der Waals surface area (Å²) in [5.41, 5.74) is 2.16. The minimum Gasteiger partial charge on any atom is -0.406 e. The number of aromatic amines is 1. The number of rotatable bonds is 6. The van der Waals surface area contributed by atoms with Crippen LogP contribution < -0.4 is 4.74 Å². The van der Waals surface area contributed by atoms with Gasteiger partial charge in [0.05, 0.1) is 6.33 Å². The summed E-state index contributed by atoms with van der Waals surface area (Å²) >= 11 is 0. The van der Waals surface area contributed by atoms with Crippen molar-refractivity contribution in [2.24, 2.45) is 5.92 Å². The molecule has 7 heteroatoms. The Labute approximate surface area is 138 Å². The lowest BCUT2D eigenvalue weighted by Gasteiger charge is -2.16. The largest absolute Gasteiger partial charge is 0.573 e. The summed E-state index contributed by atoms with van der Waals surface area (Å²) in [5, 5.41) is 0. The number of likely N-dealkylation sites (tertiary alicyclic amines) is 1. The Morgan fingerprint density at radius 2 is 2.04 bits per heavy atom. The first-order chi connectivity index (χ1) is 11.5. The highest BCUT2D eigenvalue weighted by atomic mass is 19.4. The van der Waals surface area contributed by atoms with Crippen LogP contribution in [0.25, 0.3) is 0 Å². The number of nitrogens with one attached hydrogen (secondary N) is 1. The van der Waals surface area contributed by atoms with Crippen molar-refractivity contribution in [3.8, 4) is 5.75 Å². The lowest BCUT2D eigenvalue weighted by Crippen LogP contribution is -2.20. The number of benzene rings is 1. The molecule has 3 rings (SSSR count). The highest BCUT2D eigenvalue weighted by molar-refractivity contribution is 5.27. The van der Waals surface area contributed by atoms with Crippen LogP contribution in [0.5, 0.6) is 5.75 Å². The Hall–Kier alpha value is -2.02. The fourth-order valence-electron chi connectivity index (χ4n) is 3.13. The third-order valence-electron chi connectivity index (χ3n) is 4.31. The molecule has 0 amide bonds. The Morgan fingerprint density at radius 1 is 1.25 bits per heavy atom. The first-order valence-corrected chi connectivity index (χ1v) is 8.02. The average Bonchev–Trinajstić information content (AvgIpc) is 3.17. The number of aryl methyl sites for hydroxylation is 1. The van der Waals surface area contributed by atoms with E-state index >= 15 is 0 Å². The summed E-state index contributed by atoms with van der Waals surface area (Å²) in [6, 6.07) is 6.13. The van der Waals surface area contributed by atoms with Gasteiger partial charge in [0, 0.05) is 25.0 Å². The average molecular weight is 339 g/mol. The molecule has 1 aliphatic rings. The molecule has 1 unspecified atom stereocenters. The summed E-state index contributed by atoms with van der Waals surface area (Å²) in [5.74, 6) is 0.478. The van der Waals surface area contributed by atoms with Crippen molar-refractivity contribution in [2.75, 3.05) is 13.1 Å². The number of hydrogen-bond acceptors (Lipinski definition) is 3. The van der Waals surface area contributed by atoms with Crippen LogP contribution in [0.3, 0.4) is 0 Å². The second-order valence-electron chi connectivity index (χ2n) is 6.20. The van der Waals surface area contributed by atoms with Gasteiger partial charge in [-0.05, 0) is 49.4 Å². The molecule has 0 radical (unpaired) electrons. The molecule has 0 aliphatic carbocycles. The highest BCUT2D eigenvalue weighted by Gasteiger charge is 2.31. The standard InChI is InChI=1S/C17H20F3N3O/c18-17(19,20)24-16-5-2-13(3-6-16)10-23-8-7-14(11-23)1-4-15-9-21-12-22-15/h2-3,5-6,9,12,14H,1,4,7-8,10-11H2,(H,21,22). The van der Waals surface area contributed by atoms with Gasteiger partial charge in [0.15, 0.2) is 0 Å². The predicted molar refractivity (Wildman–Crippen MR) is 83.4 cm³/mol. The van der Waals surface area contributed by atoms with E-state index in [9.17, 15) is 13.2 Å². The Balaban J connectivity index is 1.45. The van der Waals surface area contributed by atoms with E-state index in [2.05, 4.69) is 19.6 Å². The zero-order valence-electron chi connectivity index (χ0n) is 13.2. The van der Waals surface area contributed by atoms with E-state index in [1.807, 2.05) is 6.20 Å². The van der Waals surface area contributed by atoms with Gasteiger partial charge in [-0.15, -0.1) is 13.2 Å². The van der Waals surface area contributed by atoms with E-state index < -0.39 is 6.36 Å². The van der Waals surface area contributed by atoms with Crippen LogP contribution in [0.4, 0.5) is 13.2 Å². The third kappa shape index (κ3) is 4.99. The molecule has 24 heavy (non-hydrogen) atoms. The van der Waals surface area contributed by atoms with Crippen molar-refractivity contribution in [3.05, 3.63) is 48.0 Å². The molecule has 1 aromatic heterocycles. The fourth-order valence-corrected chi connectivity index (χ4v) is 3.13. The molecular formula is C17H20F3N3O. The fraction of sp³-hybridized carbons (Fsp3) is 0.471. The van der Waals surface area contributed by atoms with Crippen molar-refractivity contribution in [1.29, 1.82) is 0 Å². The lowest BCUT2D eigenvalue weighted by atomic mass is 10.0.